The summed E-state index contributed by atoms with van der Waals surface area (Å²) in [6.07, 6.45) is 7.62. The molecule has 0 radical (unpaired) electrons. The van der Waals surface area contributed by atoms with Gasteiger partial charge in [-0.05, 0) is 19.3 Å². The molecule has 2 rings (SSSR count). The van der Waals surface area contributed by atoms with E-state index in [1.165, 1.54) is 24.1 Å². The standard InChI is InChI=1S/C11H17N3/c1-3-7-12-10-5-4-6-11-9(10)8-14(2)13-11/h3,8,10,12H,1,4-7H2,2H3. The summed E-state index contributed by atoms with van der Waals surface area (Å²) in [5.74, 6) is 0. The average Bonchev–Trinajstić information content (AvgIpc) is 2.55. The van der Waals surface area contributed by atoms with Crippen molar-refractivity contribution in [3.63, 3.8) is 0 Å². The van der Waals surface area contributed by atoms with E-state index in [4.69, 9.17) is 0 Å². The molecular formula is C11H17N3. The van der Waals surface area contributed by atoms with Crippen LogP contribution in [0.5, 0.6) is 0 Å². The third-order valence-electron chi connectivity index (χ3n) is 2.73. The van der Waals surface area contributed by atoms with Crippen molar-refractivity contribution >= 4 is 0 Å². The summed E-state index contributed by atoms with van der Waals surface area (Å²) in [7, 11) is 1.99. The zero-order valence-corrected chi connectivity index (χ0v) is 8.66. The molecule has 0 bridgehead atoms. The van der Waals surface area contributed by atoms with Crippen LogP contribution in [0, 0.1) is 0 Å². The van der Waals surface area contributed by atoms with Crippen molar-refractivity contribution in [3.8, 4) is 0 Å². The Labute approximate surface area is 84.8 Å². The first kappa shape index (κ1) is 9.46. The Morgan fingerprint density at radius 1 is 1.79 bits per heavy atom. The van der Waals surface area contributed by atoms with Gasteiger partial charge in [-0.1, -0.05) is 6.08 Å². The summed E-state index contributed by atoms with van der Waals surface area (Å²) >= 11 is 0. The molecule has 1 aromatic heterocycles. The van der Waals surface area contributed by atoms with E-state index in [1.807, 2.05) is 17.8 Å². The number of hydrogen-bond acceptors (Lipinski definition) is 2. The number of fused-ring (bicyclic) bond motifs is 1. The third-order valence-corrected chi connectivity index (χ3v) is 2.73. The van der Waals surface area contributed by atoms with Crippen LogP contribution in [0.15, 0.2) is 18.9 Å². The number of aromatic nitrogens is 2. The molecule has 0 aromatic carbocycles. The first-order chi connectivity index (χ1) is 6.81. The van der Waals surface area contributed by atoms with Gasteiger partial charge in [0, 0.05) is 31.4 Å². The highest BCUT2D eigenvalue weighted by Crippen LogP contribution is 2.28. The SMILES string of the molecule is C=CCNC1CCCc2nn(C)cc21. The molecule has 0 spiro atoms. The van der Waals surface area contributed by atoms with Crippen LogP contribution in [0.4, 0.5) is 0 Å². The molecule has 1 aliphatic rings. The molecular weight excluding hydrogens is 174 g/mol. The second-order valence-electron chi connectivity index (χ2n) is 3.85. The van der Waals surface area contributed by atoms with E-state index >= 15 is 0 Å². The number of rotatable bonds is 3. The fourth-order valence-corrected chi connectivity index (χ4v) is 2.10. The molecule has 0 saturated heterocycles. The van der Waals surface area contributed by atoms with Gasteiger partial charge in [0.25, 0.3) is 0 Å². The number of hydrogen-bond donors (Lipinski definition) is 1. The first-order valence-electron chi connectivity index (χ1n) is 5.18. The predicted octanol–water partition coefficient (Wildman–Crippen LogP) is 1.57. The number of aryl methyl sites for hydroxylation is 2. The molecule has 1 N–H and O–H groups in total. The largest absolute Gasteiger partial charge is 0.306 e. The van der Waals surface area contributed by atoms with Crippen molar-refractivity contribution in [2.75, 3.05) is 6.54 Å². The lowest BCUT2D eigenvalue weighted by Gasteiger charge is -2.21. The smallest absolute Gasteiger partial charge is 0.0672 e. The number of nitrogens with one attached hydrogen (secondary N) is 1. The topological polar surface area (TPSA) is 29.9 Å². The van der Waals surface area contributed by atoms with Gasteiger partial charge in [0.2, 0.25) is 0 Å². The van der Waals surface area contributed by atoms with Crippen molar-refractivity contribution in [1.29, 1.82) is 0 Å². The second kappa shape index (κ2) is 3.96. The summed E-state index contributed by atoms with van der Waals surface area (Å²) < 4.78 is 1.92. The van der Waals surface area contributed by atoms with Crippen LogP contribution in [0.1, 0.15) is 30.1 Å². The molecule has 0 aliphatic heterocycles. The summed E-state index contributed by atoms with van der Waals surface area (Å²) in [5, 5.41) is 7.93. The summed E-state index contributed by atoms with van der Waals surface area (Å²) in [6.45, 7) is 4.60. The van der Waals surface area contributed by atoms with Crippen LogP contribution in [0.2, 0.25) is 0 Å². The molecule has 3 nitrogen and oxygen atoms in total. The van der Waals surface area contributed by atoms with Gasteiger partial charge in [0.1, 0.15) is 0 Å². The molecule has 3 heteroatoms. The van der Waals surface area contributed by atoms with E-state index in [1.54, 1.807) is 0 Å². The molecule has 0 saturated carbocycles. The zero-order chi connectivity index (χ0) is 9.97. The lowest BCUT2D eigenvalue weighted by molar-refractivity contribution is 0.479. The highest BCUT2D eigenvalue weighted by molar-refractivity contribution is 5.24. The van der Waals surface area contributed by atoms with E-state index in [-0.39, 0.29) is 0 Å². The van der Waals surface area contributed by atoms with E-state index in [0.717, 1.165) is 13.0 Å². The monoisotopic (exact) mass is 191 g/mol. The third kappa shape index (κ3) is 1.73. The maximum Gasteiger partial charge on any atom is 0.0672 e. The van der Waals surface area contributed by atoms with Crippen LogP contribution in [0.25, 0.3) is 0 Å². The molecule has 0 fully saturated rings. The fraction of sp³-hybridized carbons (Fsp3) is 0.545. The molecule has 76 valence electrons. The summed E-state index contributed by atoms with van der Waals surface area (Å²) in [5.41, 5.74) is 2.64. The minimum Gasteiger partial charge on any atom is -0.306 e. The summed E-state index contributed by atoms with van der Waals surface area (Å²) in [4.78, 5) is 0. The molecule has 1 heterocycles. The minimum absolute atomic E-state index is 0.477. The highest BCUT2D eigenvalue weighted by atomic mass is 15.3. The van der Waals surface area contributed by atoms with Crippen molar-refractivity contribution < 1.29 is 0 Å². The molecule has 1 aromatic rings. The quantitative estimate of drug-likeness (QED) is 0.735. The van der Waals surface area contributed by atoms with Crippen LogP contribution in [0.3, 0.4) is 0 Å². The lowest BCUT2D eigenvalue weighted by Crippen LogP contribution is -2.24. The Balaban J connectivity index is 2.17. The Kier molecular flexibility index (Phi) is 2.68. The van der Waals surface area contributed by atoms with Crippen LogP contribution in [-0.4, -0.2) is 16.3 Å². The van der Waals surface area contributed by atoms with Crippen molar-refractivity contribution in [2.45, 2.75) is 25.3 Å². The van der Waals surface area contributed by atoms with E-state index in [9.17, 15) is 0 Å². The van der Waals surface area contributed by atoms with Crippen molar-refractivity contribution in [2.24, 2.45) is 7.05 Å². The Hall–Kier alpha value is -1.09. The van der Waals surface area contributed by atoms with Crippen molar-refractivity contribution in [1.82, 2.24) is 15.1 Å². The molecule has 1 atom stereocenters. The second-order valence-corrected chi connectivity index (χ2v) is 3.85. The first-order valence-corrected chi connectivity index (χ1v) is 5.18. The maximum atomic E-state index is 4.46. The van der Waals surface area contributed by atoms with Gasteiger partial charge in [0.15, 0.2) is 0 Å². The Morgan fingerprint density at radius 3 is 3.43 bits per heavy atom. The van der Waals surface area contributed by atoms with Gasteiger partial charge >= 0.3 is 0 Å². The van der Waals surface area contributed by atoms with E-state index < -0.39 is 0 Å². The van der Waals surface area contributed by atoms with Gasteiger partial charge in [-0.3, -0.25) is 4.68 Å². The molecule has 1 unspecified atom stereocenters. The lowest BCUT2D eigenvalue weighted by atomic mass is 9.93. The molecule has 14 heavy (non-hydrogen) atoms. The molecule has 1 aliphatic carbocycles. The van der Waals surface area contributed by atoms with Crippen LogP contribution in [-0.2, 0) is 13.5 Å². The zero-order valence-electron chi connectivity index (χ0n) is 8.66. The number of nitrogens with zero attached hydrogens (tertiary/aromatic N) is 2. The van der Waals surface area contributed by atoms with Gasteiger partial charge in [-0.25, -0.2) is 0 Å². The minimum atomic E-state index is 0.477. The Morgan fingerprint density at radius 2 is 2.64 bits per heavy atom. The van der Waals surface area contributed by atoms with E-state index in [2.05, 4.69) is 23.2 Å². The predicted molar refractivity (Wildman–Crippen MR) is 57.1 cm³/mol. The normalized spacial score (nSPS) is 20.5. The van der Waals surface area contributed by atoms with Gasteiger partial charge in [-0.15, -0.1) is 6.58 Å². The van der Waals surface area contributed by atoms with E-state index in [0.29, 0.717) is 6.04 Å². The maximum absolute atomic E-state index is 4.46. The summed E-state index contributed by atoms with van der Waals surface area (Å²) in [6, 6.07) is 0.477. The van der Waals surface area contributed by atoms with Gasteiger partial charge in [-0.2, -0.15) is 5.10 Å². The average molecular weight is 191 g/mol. The van der Waals surface area contributed by atoms with Gasteiger partial charge in [0.05, 0.1) is 5.69 Å². The molecule has 0 amide bonds. The van der Waals surface area contributed by atoms with Crippen LogP contribution >= 0.6 is 0 Å². The Bertz CT molecular complexity index is 327. The van der Waals surface area contributed by atoms with Crippen molar-refractivity contribution in [3.05, 3.63) is 30.1 Å². The fourth-order valence-electron chi connectivity index (χ4n) is 2.10. The van der Waals surface area contributed by atoms with Crippen LogP contribution < -0.4 is 5.32 Å². The highest BCUT2D eigenvalue weighted by Gasteiger charge is 2.21. The van der Waals surface area contributed by atoms with Gasteiger partial charge < -0.3 is 5.32 Å².